The van der Waals surface area contributed by atoms with E-state index in [1.807, 2.05) is 7.11 Å². The molecule has 0 aliphatic heterocycles. The molecular weight excluding hydrogens is 621 g/mol. The van der Waals surface area contributed by atoms with Crippen LogP contribution in [0.3, 0.4) is 0 Å². The third-order valence-corrected chi connectivity index (χ3v) is 24.0. The molecule has 5 saturated carbocycles. The lowest BCUT2D eigenvalue weighted by atomic mass is 9.59. The van der Waals surface area contributed by atoms with Gasteiger partial charge in [0.1, 0.15) is 0 Å². The van der Waals surface area contributed by atoms with Gasteiger partial charge in [0.25, 0.3) is 0 Å². The van der Waals surface area contributed by atoms with Crippen LogP contribution in [-0.2, 0) is 4.74 Å². The van der Waals surface area contributed by atoms with E-state index in [2.05, 4.69) is 123 Å². The lowest BCUT2D eigenvalue weighted by Crippen LogP contribution is -2.55. The summed E-state index contributed by atoms with van der Waals surface area (Å²) in [5.74, 6) is 7.67. The highest BCUT2D eigenvalue weighted by Gasteiger charge is 2.66. The largest absolute Gasteiger partial charge is 0.381 e. The van der Waals surface area contributed by atoms with Gasteiger partial charge in [0, 0.05) is 13.0 Å². The highest BCUT2D eigenvalue weighted by Crippen LogP contribution is 2.72. The molecule has 2 aromatic rings. The summed E-state index contributed by atoms with van der Waals surface area (Å²) < 4.78 is 6.67. The summed E-state index contributed by atoms with van der Waals surface area (Å²) in [4.78, 5) is 0. The molecule has 0 N–H and O–H groups in total. The van der Waals surface area contributed by atoms with Crippen molar-refractivity contribution < 1.29 is 4.74 Å². The Hall–Kier alpha value is -1.38. The molecule has 0 amide bonds. The van der Waals surface area contributed by atoms with Crippen molar-refractivity contribution in [2.24, 2.45) is 58.2 Å². The van der Waals surface area contributed by atoms with Crippen LogP contribution in [0, 0.1) is 58.2 Å². The minimum absolute atomic E-state index is 0.232. The first-order valence-corrected chi connectivity index (χ1v) is 24.1. The molecular formula is C48H74OSi. The Morgan fingerprint density at radius 2 is 1.14 bits per heavy atom. The molecule has 2 heteroatoms. The van der Waals surface area contributed by atoms with Gasteiger partial charge in [-0.25, -0.2) is 0 Å². The van der Waals surface area contributed by atoms with E-state index in [0.29, 0.717) is 23.4 Å². The molecule has 50 heavy (non-hydrogen) atoms. The average Bonchev–Trinajstić information content (AvgIpc) is 3.62. The minimum Gasteiger partial charge on any atom is -0.381 e. The van der Waals surface area contributed by atoms with Gasteiger partial charge in [0.15, 0.2) is 0 Å². The molecule has 0 aromatic heterocycles. The van der Waals surface area contributed by atoms with Gasteiger partial charge in [-0.2, -0.15) is 0 Å². The SMILES string of the molecule is COC1C(c2ccccc2)C2CC(C)C([Si@@](C)(C3CCCCC3)C3C(C)CC4C(c5ccccc5)CC(C(C)(C)C)CC43)C2CC1C(C)(C)C. The second-order valence-corrected chi connectivity index (χ2v) is 26.1. The molecule has 14 atom stereocenters. The van der Waals surface area contributed by atoms with E-state index in [4.69, 9.17) is 4.74 Å². The quantitative estimate of drug-likeness (QED) is 0.274. The Labute approximate surface area is 309 Å². The maximum Gasteiger partial charge on any atom is 0.0675 e. The number of fused-ring (bicyclic) bond motifs is 2. The summed E-state index contributed by atoms with van der Waals surface area (Å²) in [6, 6.07) is 23.6. The van der Waals surface area contributed by atoms with Gasteiger partial charge in [0.05, 0.1) is 14.2 Å². The van der Waals surface area contributed by atoms with Crippen LogP contribution in [0.2, 0.25) is 23.2 Å². The molecule has 276 valence electrons. The monoisotopic (exact) mass is 695 g/mol. The van der Waals surface area contributed by atoms with Gasteiger partial charge in [-0.3, -0.25) is 0 Å². The molecule has 2 aromatic carbocycles. The molecule has 0 heterocycles. The van der Waals surface area contributed by atoms with Crippen LogP contribution in [0.4, 0.5) is 0 Å². The first kappa shape index (κ1) is 37.0. The smallest absolute Gasteiger partial charge is 0.0675 e. The molecule has 5 aliphatic carbocycles. The zero-order chi connectivity index (χ0) is 35.6. The van der Waals surface area contributed by atoms with E-state index in [9.17, 15) is 0 Å². The lowest BCUT2D eigenvalue weighted by Gasteiger charge is -2.57. The molecule has 5 aliphatic rings. The highest BCUT2D eigenvalue weighted by atomic mass is 28.3. The summed E-state index contributed by atoms with van der Waals surface area (Å²) in [5, 5.41) is 0. The van der Waals surface area contributed by atoms with Gasteiger partial charge in [-0.15, -0.1) is 0 Å². The Balaban J connectivity index is 1.35. The Bertz CT molecular complexity index is 1400. The summed E-state index contributed by atoms with van der Waals surface area (Å²) in [6.07, 6.45) is 14.9. The summed E-state index contributed by atoms with van der Waals surface area (Å²) in [5.41, 5.74) is 6.69. The molecule has 0 spiro atoms. The van der Waals surface area contributed by atoms with Crippen molar-refractivity contribution in [2.75, 3.05) is 7.11 Å². The molecule has 13 unspecified atom stereocenters. The van der Waals surface area contributed by atoms with Crippen LogP contribution in [0.15, 0.2) is 60.7 Å². The van der Waals surface area contributed by atoms with E-state index in [1.54, 1.807) is 11.1 Å². The van der Waals surface area contributed by atoms with E-state index >= 15 is 0 Å². The van der Waals surface area contributed by atoms with E-state index in [0.717, 1.165) is 64.0 Å². The number of ether oxygens (including phenoxy) is 1. The highest BCUT2D eigenvalue weighted by molar-refractivity contribution is 6.83. The number of rotatable bonds is 6. The van der Waals surface area contributed by atoms with Crippen LogP contribution >= 0.6 is 0 Å². The topological polar surface area (TPSA) is 9.23 Å². The first-order chi connectivity index (χ1) is 23.7. The van der Waals surface area contributed by atoms with Crippen LogP contribution in [0.5, 0.6) is 0 Å². The molecule has 0 saturated heterocycles. The second kappa shape index (κ2) is 14.1. The summed E-state index contributed by atoms with van der Waals surface area (Å²) in [6.45, 7) is 23.9. The number of methoxy groups -OCH3 is 1. The van der Waals surface area contributed by atoms with E-state index in [-0.39, 0.29) is 5.41 Å². The predicted molar refractivity (Wildman–Crippen MR) is 216 cm³/mol. The van der Waals surface area contributed by atoms with Gasteiger partial charge in [-0.1, -0.05) is 155 Å². The fraction of sp³-hybridized carbons (Fsp3) is 0.750. The zero-order valence-electron chi connectivity index (χ0n) is 33.8. The van der Waals surface area contributed by atoms with Crippen molar-refractivity contribution in [3.05, 3.63) is 71.8 Å². The maximum atomic E-state index is 6.67. The average molecular weight is 695 g/mol. The van der Waals surface area contributed by atoms with Crippen molar-refractivity contribution in [1.82, 2.24) is 0 Å². The van der Waals surface area contributed by atoms with Crippen molar-refractivity contribution in [3.8, 4) is 0 Å². The normalized spacial score (nSPS) is 41.0. The van der Waals surface area contributed by atoms with Crippen LogP contribution in [-0.4, -0.2) is 21.3 Å². The van der Waals surface area contributed by atoms with Gasteiger partial charge >= 0.3 is 0 Å². The van der Waals surface area contributed by atoms with Crippen molar-refractivity contribution in [2.45, 2.75) is 161 Å². The summed E-state index contributed by atoms with van der Waals surface area (Å²) >= 11 is 0. The number of benzene rings is 2. The fourth-order valence-electron chi connectivity index (χ4n) is 14.9. The second-order valence-electron chi connectivity index (χ2n) is 21.2. The van der Waals surface area contributed by atoms with E-state index in [1.165, 1.54) is 64.2 Å². The van der Waals surface area contributed by atoms with Gasteiger partial charge < -0.3 is 4.74 Å². The lowest BCUT2D eigenvalue weighted by molar-refractivity contribution is -0.0690. The zero-order valence-corrected chi connectivity index (χ0v) is 34.8. The summed E-state index contributed by atoms with van der Waals surface area (Å²) in [7, 11) is 0.200. The van der Waals surface area contributed by atoms with Crippen LogP contribution in [0.1, 0.15) is 143 Å². The standard InChI is InChI=1S/C48H74OSi/c1-31-26-38-37(33-20-14-11-15-21-33)28-35(47(3,4)5)29-40(38)45(31)50(10,36-24-18-13-19-25-36)46-32(2)27-39-41(46)30-42(48(6,7)8)44(49-9)43(39)34-22-16-12-17-23-34/h11-12,14-17,20-23,31-32,35-46H,13,18-19,24-30H2,1-10H3/t31?,32?,35?,37?,38?,39?,40?,41?,42?,43?,44?,45?,46?,50-/m0/s1. The third kappa shape index (κ3) is 6.45. The Morgan fingerprint density at radius 3 is 1.68 bits per heavy atom. The van der Waals surface area contributed by atoms with Crippen LogP contribution < -0.4 is 0 Å². The Morgan fingerprint density at radius 1 is 0.600 bits per heavy atom. The predicted octanol–water partition coefficient (Wildman–Crippen LogP) is 13.8. The first-order valence-electron chi connectivity index (χ1n) is 21.4. The van der Waals surface area contributed by atoms with E-state index < -0.39 is 8.07 Å². The van der Waals surface area contributed by atoms with Gasteiger partial charge in [0.2, 0.25) is 0 Å². The van der Waals surface area contributed by atoms with Crippen LogP contribution in [0.25, 0.3) is 0 Å². The third-order valence-electron chi connectivity index (χ3n) is 16.8. The van der Waals surface area contributed by atoms with Crippen molar-refractivity contribution in [3.63, 3.8) is 0 Å². The Kier molecular flexibility index (Phi) is 10.4. The number of hydrogen-bond donors (Lipinski definition) is 0. The number of hydrogen-bond acceptors (Lipinski definition) is 1. The fourth-order valence-corrected chi connectivity index (χ4v) is 23.4. The molecule has 0 radical (unpaired) electrons. The maximum absolute atomic E-state index is 6.67. The van der Waals surface area contributed by atoms with Crippen molar-refractivity contribution in [1.29, 1.82) is 0 Å². The molecule has 5 fully saturated rings. The molecule has 1 nitrogen and oxygen atoms in total. The van der Waals surface area contributed by atoms with Crippen molar-refractivity contribution >= 4 is 8.07 Å². The minimum atomic E-state index is -1.84. The molecule has 7 rings (SSSR count). The van der Waals surface area contributed by atoms with Gasteiger partial charge in [-0.05, 0) is 124 Å². The molecule has 0 bridgehead atoms.